The zero-order valence-corrected chi connectivity index (χ0v) is 11.5. The topological polar surface area (TPSA) is 56.3 Å². The highest BCUT2D eigenvalue weighted by Crippen LogP contribution is 2.29. The molecule has 1 saturated heterocycles. The summed E-state index contributed by atoms with van der Waals surface area (Å²) in [4.78, 5) is 8.64. The summed E-state index contributed by atoms with van der Waals surface area (Å²) >= 11 is 0. The minimum atomic E-state index is -0.0791. The van der Waals surface area contributed by atoms with Crippen molar-refractivity contribution in [3.8, 4) is 5.88 Å². The molecule has 18 heavy (non-hydrogen) atoms. The fourth-order valence-corrected chi connectivity index (χ4v) is 2.12. The summed E-state index contributed by atoms with van der Waals surface area (Å²) < 4.78 is 11.0. The van der Waals surface area contributed by atoms with E-state index in [4.69, 9.17) is 9.47 Å². The van der Waals surface area contributed by atoms with Gasteiger partial charge in [0, 0.05) is 12.7 Å². The largest absolute Gasteiger partial charge is 0.478 e. The van der Waals surface area contributed by atoms with Crippen molar-refractivity contribution in [3.05, 3.63) is 11.9 Å². The Hall–Kier alpha value is -1.36. The highest BCUT2D eigenvalue weighted by Gasteiger charge is 2.37. The van der Waals surface area contributed by atoms with E-state index in [1.165, 1.54) is 0 Å². The molecule has 0 saturated carbocycles. The minimum Gasteiger partial charge on any atom is -0.478 e. The van der Waals surface area contributed by atoms with E-state index < -0.39 is 0 Å². The van der Waals surface area contributed by atoms with Crippen molar-refractivity contribution in [3.63, 3.8) is 0 Å². The third-order valence-electron chi connectivity index (χ3n) is 3.41. The molecule has 1 aliphatic rings. The first-order valence-corrected chi connectivity index (χ1v) is 6.42. The molecule has 5 heteroatoms. The van der Waals surface area contributed by atoms with Crippen molar-refractivity contribution >= 4 is 5.82 Å². The molecule has 1 aromatic rings. The molecule has 1 aromatic heterocycles. The van der Waals surface area contributed by atoms with E-state index in [2.05, 4.69) is 29.1 Å². The third-order valence-corrected chi connectivity index (χ3v) is 3.41. The van der Waals surface area contributed by atoms with Gasteiger partial charge in [-0.1, -0.05) is 0 Å². The number of hydrogen-bond acceptors (Lipinski definition) is 5. The molecule has 2 unspecified atom stereocenters. The number of ether oxygens (including phenoxy) is 2. The van der Waals surface area contributed by atoms with Crippen LogP contribution in [0.4, 0.5) is 5.82 Å². The maximum absolute atomic E-state index is 5.61. The lowest BCUT2D eigenvalue weighted by Gasteiger charge is -2.29. The zero-order chi connectivity index (χ0) is 13.2. The van der Waals surface area contributed by atoms with Crippen molar-refractivity contribution in [2.45, 2.75) is 45.8 Å². The van der Waals surface area contributed by atoms with Crippen LogP contribution >= 0.6 is 0 Å². The molecule has 1 aliphatic heterocycles. The Morgan fingerprint density at radius 3 is 2.94 bits per heavy atom. The van der Waals surface area contributed by atoms with Gasteiger partial charge in [-0.15, -0.1) is 0 Å². The van der Waals surface area contributed by atoms with Gasteiger partial charge in [0.15, 0.2) is 0 Å². The predicted octanol–water partition coefficient (Wildman–Crippen LogP) is 2.16. The summed E-state index contributed by atoms with van der Waals surface area (Å²) in [6.45, 7) is 9.43. The van der Waals surface area contributed by atoms with Crippen LogP contribution in [0.5, 0.6) is 5.88 Å². The fourth-order valence-electron chi connectivity index (χ4n) is 2.12. The van der Waals surface area contributed by atoms with Crippen molar-refractivity contribution in [1.82, 2.24) is 9.97 Å². The van der Waals surface area contributed by atoms with Crippen LogP contribution in [-0.2, 0) is 4.74 Å². The van der Waals surface area contributed by atoms with Gasteiger partial charge in [-0.05, 0) is 34.1 Å². The lowest BCUT2D eigenvalue weighted by molar-refractivity contribution is 0.105. The molecular formula is C13H21N3O2. The average molecular weight is 251 g/mol. The Bertz CT molecular complexity index is 425. The van der Waals surface area contributed by atoms with Crippen LogP contribution in [0.3, 0.4) is 0 Å². The van der Waals surface area contributed by atoms with E-state index in [1.807, 2.05) is 19.9 Å². The van der Waals surface area contributed by atoms with Crippen LogP contribution in [0.2, 0.25) is 0 Å². The van der Waals surface area contributed by atoms with Crippen molar-refractivity contribution in [1.29, 1.82) is 0 Å². The number of hydrogen-bond donors (Lipinski definition) is 1. The van der Waals surface area contributed by atoms with Gasteiger partial charge in [0.25, 0.3) is 0 Å². The second kappa shape index (κ2) is 5.10. The first kappa shape index (κ1) is 13.1. The molecule has 0 spiro atoms. The van der Waals surface area contributed by atoms with Crippen LogP contribution < -0.4 is 10.1 Å². The van der Waals surface area contributed by atoms with Gasteiger partial charge in [0.1, 0.15) is 11.6 Å². The normalized spacial score (nSPS) is 27.2. The van der Waals surface area contributed by atoms with Gasteiger partial charge >= 0.3 is 0 Å². The van der Waals surface area contributed by atoms with Gasteiger partial charge in [-0.3, -0.25) is 0 Å². The molecule has 2 heterocycles. The standard InChI is InChI=1S/C13H21N3O2/c1-5-17-12-8-11(14-10(3)15-12)16-13(4)6-7-18-9(13)2/h8-9H,5-7H2,1-4H3,(H,14,15,16). The quantitative estimate of drug-likeness (QED) is 0.888. The highest BCUT2D eigenvalue weighted by molar-refractivity contribution is 5.41. The Balaban J connectivity index is 2.18. The molecule has 100 valence electrons. The monoisotopic (exact) mass is 251 g/mol. The Morgan fingerprint density at radius 1 is 1.56 bits per heavy atom. The fraction of sp³-hybridized carbons (Fsp3) is 0.692. The molecule has 0 aliphatic carbocycles. The molecule has 2 atom stereocenters. The Morgan fingerprint density at radius 2 is 2.33 bits per heavy atom. The van der Waals surface area contributed by atoms with Crippen molar-refractivity contribution in [2.24, 2.45) is 0 Å². The molecule has 1 N–H and O–H groups in total. The maximum atomic E-state index is 5.61. The first-order valence-electron chi connectivity index (χ1n) is 6.42. The minimum absolute atomic E-state index is 0.0791. The summed E-state index contributed by atoms with van der Waals surface area (Å²) in [5.74, 6) is 2.12. The van der Waals surface area contributed by atoms with Crippen LogP contribution in [0, 0.1) is 6.92 Å². The lowest BCUT2D eigenvalue weighted by Crippen LogP contribution is -2.41. The first-order chi connectivity index (χ1) is 8.53. The molecule has 0 amide bonds. The molecule has 0 bridgehead atoms. The summed E-state index contributed by atoms with van der Waals surface area (Å²) in [7, 11) is 0. The molecule has 0 aromatic carbocycles. The van der Waals surface area contributed by atoms with Gasteiger partial charge in [-0.2, -0.15) is 4.98 Å². The maximum Gasteiger partial charge on any atom is 0.218 e. The second-order valence-electron chi connectivity index (χ2n) is 4.88. The van der Waals surface area contributed by atoms with Crippen LogP contribution in [0.1, 0.15) is 33.0 Å². The van der Waals surface area contributed by atoms with Gasteiger partial charge < -0.3 is 14.8 Å². The molecule has 0 radical (unpaired) electrons. The summed E-state index contributed by atoms with van der Waals surface area (Å²) in [6.07, 6.45) is 1.14. The van der Waals surface area contributed by atoms with Gasteiger partial charge in [-0.25, -0.2) is 4.98 Å². The van der Waals surface area contributed by atoms with Gasteiger partial charge in [0.2, 0.25) is 5.88 Å². The average Bonchev–Trinajstić information content (AvgIpc) is 2.58. The SMILES string of the molecule is CCOc1cc(NC2(C)CCOC2C)nc(C)n1. The van der Waals surface area contributed by atoms with E-state index in [1.54, 1.807) is 0 Å². The summed E-state index contributed by atoms with van der Waals surface area (Å²) in [5, 5.41) is 3.45. The van der Waals surface area contributed by atoms with E-state index >= 15 is 0 Å². The number of nitrogens with one attached hydrogen (secondary N) is 1. The van der Waals surface area contributed by atoms with Crippen LogP contribution in [0.25, 0.3) is 0 Å². The van der Waals surface area contributed by atoms with Crippen LogP contribution in [0.15, 0.2) is 6.07 Å². The van der Waals surface area contributed by atoms with E-state index in [9.17, 15) is 0 Å². The number of aromatic nitrogens is 2. The number of aryl methyl sites for hydroxylation is 1. The van der Waals surface area contributed by atoms with Gasteiger partial charge in [0.05, 0.1) is 18.2 Å². The summed E-state index contributed by atoms with van der Waals surface area (Å²) in [5.41, 5.74) is -0.0791. The van der Waals surface area contributed by atoms with E-state index in [-0.39, 0.29) is 11.6 Å². The Labute approximate surface area is 108 Å². The van der Waals surface area contributed by atoms with E-state index in [0.717, 1.165) is 18.8 Å². The smallest absolute Gasteiger partial charge is 0.218 e. The lowest BCUT2D eigenvalue weighted by atomic mass is 9.95. The van der Waals surface area contributed by atoms with Crippen LogP contribution in [-0.4, -0.2) is 34.8 Å². The molecule has 5 nitrogen and oxygen atoms in total. The molecular weight excluding hydrogens is 230 g/mol. The molecule has 2 rings (SSSR count). The molecule has 1 fully saturated rings. The Kier molecular flexibility index (Phi) is 3.71. The highest BCUT2D eigenvalue weighted by atomic mass is 16.5. The van der Waals surface area contributed by atoms with E-state index in [0.29, 0.717) is 18.3 Å². The van der Waals surface area contributed by atoms with Crippen molar-refractivity contribution in [2.75, 3.05) is 18.5 Å². The zero-order valence-electron chi connectivity index (χ0n) is 11.5. The van der Waals surface area contributed by atoms with Crippen molar-refractivity contribution < 1.29 is 9.47 Å². The number of anilines is 1. The number of nitrogens with zero attached hydrogens (tertiary/aromatic N) is 2. The summed E-state index contributed by atoms with van der Waals surface area (Å²) in [6, 6.07) is 1.84. The predicted molar refractivity (Wildman–Crippen MR) is 70.0 cm³/mol. The second-order valence-corrected chi connectivity index (χ2v) is 4.88. The third kappa shape index (κ3) is 2.72. The number of rotatable bonds is 4.